The van der Waals surface area contributed by atoms with Crippen molar-refractivity contribution in [1.82, 2.24) is 4.90 Å². The third kappa shape index (κ3) is 5.17. The van der Waals surface area contributed by atoms with Gasteiger partial charge in [0.15, 0.2) is 0 Å². The van der Waals surface area contributed by atoms with Crippen LogP contribution in [0.15, 0.2) is 53.4 Å². The Balaban J connectivity index is 1.75. The first kappa shape index (κ1) is 20.9. The lowest BCUT2D eigenvalue weighted by atomic mass is 10.1. The molecule has 2 aromatic rings. The molecule has 0 spiro atoms. The summed E-state index contributed by atoms with van der Waals surface area (Å²) in [6.07, 6.45) is 2.06. The number of benzene rings is 2. The van der Waals surface area contributed by atoms with Crippen molar-refractivity contribution in [3.8, 4) is 0 Å². The van der Waals surface area contributed by atoms with Crippen LogP contribution in [0.4, 0.5) is 5.69 Å². The van der Waals surface area contributed by atoms with E-state index in [0.29, 0.717) is 21.7 Å². The molecule has 3 rings (SSSR count). The van der Waals surface area contributed by atoms with Gasteiger partial charge in [-0.3, -0.25) is 14.4 Å². The molecule has 0 bridgehead atoms. The zero-order valence-electron chi connectivity index (χ0n) is 16.5. The molecule has 152 valence electrons. The second-order valence-corrected chi connectivity index (χ2v) is 8.20. The number of nitrogens with zero attached hydrogens (tertiary/aromatic N) is 1. The summed E-state index contributed by atoms with van der Waals surface area (Å²) in [6.45, 7) is 3.29. The van der Waals surface area contributed by atoms with Crippen LogP contribution in [-0.2, 0) is 9.53 Å². The fraction of sp³-hybridized carbons (Fsp3) is 0.318. The smallest absolute Gasteiger partial charge is 0.318 e. The van der Waals surface area contributed by atoms with E-state index in [1.807, 2.05) is 11.0 Å². The highest BCUT2D eigenvalue weighted by molar-refractivity contribution is 8.00. The summed E-state index contributed by atoms with van der Waals surface area (Å²) in [4.78, 5) is 39.7. The van der Waals surface area contributed by atoms with E-state index >= 15 is 0 Å². The van der Waals surface area contributed by atoms with Crippen molar-refractivity contribution >= 4 is 35.2 Å². The van der Waals surface area contributed by atoms with Crippen molar-refractivity contribution in [2.45, 2.75) is 29.9 Å². The van der Waals surface area contributed by atoms with E-state index in [2.05, 4.69) is 5.32 Å². The molecule has 1 aliphatic rings. The highest BCUT2D eigenvalue weighted by atomic mass is 32.2. The van der Waals surface area contributed by atoms with E-state index in [1.54, 1.807) is 49.4 Å². The molecule has 0 saturated carbocycles. The number of rotatable bonds is 6. The molecular weight excluding hydrogens is 388 g/mol. The molecule has 0 aromatic heterocycles. The number of hydrogen-bond donors (Lipinski definition) is 1. The van der Waals surface area contributed by atoms with Gasteiger partial charge in [-0.25, -0.2) is 0 Å². The summed E-state index contributed by atoms with van der Waals surface area (Å²) in [6, 6.07) is 14.1. The molecule has 0 radical (unpaired) electrons. The third-order valence-corrected chi connectivity index (χ3v) is 5.89. The monoisotopic (exact) mass is 412 g/mol. The van der Waals surface area contributed by atoms with E-state index in [9.17, 15) is 14.4 Å². The van der Waals surface area contributed by atoms with Crippen molar-refractivity contribution in [2.24, 2.45) is 0 Å². The molecule has 1 heterocycles. The lowest BCUT2D eigenvalue weighted by Gasteiger charge is -2.16. The molecule has 1 saturated heterocycles. The standard InChI is InChI=1S/C22H24N2O4S/c1-15(22(27)28-2)29-19-11-4-3-10-18(19)20(25)23-17-9-7-8-16(14-17)21(26)24-12-5-6-13-24/h3-4,7-11,14-15H,5-6,12-13H2,1-2H3,(H,23,25)/t15-/m0/s1. The number of carbonyl (C=O) groups excluding carboxylic acids is 3. The molecule has 2 aromatic carbocycles. The summed E-state index contributed by atoms with van der Waals surface area (Å²) in [5.41, 5.74) is 1.58. The quantitative estimate of drug-likeness (QED) is 0.576. The predicted molar refractivity (Wildman–Crippen MR) is 113 cm³/mol. The van der Waals surface area contributed by atoms with Gasteiger partial charge in [0.25, 0.3) is 11.8 Å². The molecule has 1 N–H and O–H groups in total. The number of nitrogens with one attached hydrogen (secondary N) is 1. The van der Waals surface area contributed by atoms with Gasteiger partial charge in [0.1, 0.15) is 5.25 Å². The lowest BCUT2D eigenvalue weighted by molar-refractivity contribution is -0.139. The van der Waals surface area contributed by atoms with Crippen LogP contribution >= 0.6 is 11.8 Å². The molecule has 7 heteroatoms. The second-order valence-electron chi connectivity index (χ2n) is 6.81. The lowest BCUT2D eigenvalue weighted by Crippen LogP contribution is -2.27. The van der Waals surface area contributed by atoms with Crippen molar-refractivity contribution < 1.29 is 19.1 Å². The van der Waals surface area contributed by atoms with E-state index in [-0.39, 0.29) is 17.8 Å². The van der Waals surface area contributed by atoms with Crippen LogP contribution in [0, 0.1) is 0 Å². The van der Waals surface area contributed by atoms with Gasteiger partial charge >= 0.3 is 5.97 Å². The van der Waals surface area contributed by atoms with Gasteiger partial charge in [-0.2, -0.15) is 0 Å². The molecule has 1 aliphatic heterocycles. The predicted octanol–water partition coefficient (Wildman–Crippen LogP) is 3.83. The van der Waals surface area contributed by atoms with E-state index in [4.69, 9.17) is 4.74 Å². The summed E-state index contributed by atoms with van der Waals surface area (Å²) in [7, 11) is 1.34. The van der Waals surface area contributed by atoms with Crippen LogP contribution in [0.1, 0.15) is 40.5 Å². The Labute approximate surface area is 174 Å². The molecule has 29 heavy (non-hydrogen) atoms. The van der Waals surface area contributed by atoms with Crippen LogP contribution < -0.4 is 5.32 Å². The van der Waals surface area contributed by atoms with Crippen molar-refractivity contribution in [3.05, 3.63) is 59.7 Å². The van der Waals surface area contributed by atoms with Crippen molar-refractivity contribution in [3.63, 3.8) is 0 Å². The zero-order valence-corrected chi connectivity index (χ0v) is 17.3. The van der Waals surface area contributed by atoms with Gasteiger partial charge < -0.3 is 15.0 Å². The Morgan fingerprint density at radius 2 is 1.79 bits per heavy atom. The molecular formula is C22H24N2O4S. The SMILES string of the molecule is COC(=O)[C@H](C)Sc1ccccc1C(=O)Nc1cccc(C(=O)N2CCCC2)c1. The summed E-state index contributed by atoms with van der Waals surface area (Å²) >= 11 is 1.27. The highest BCUT2D eigenvalue weighted by Crippen LogP contribution is 2.28. The topological polar surface area (TPSA) is 75.7 Å². The zero-order chi connectivity index (χ0) is 20.8. The number of likely N-dealkylation sites (tertiary alicyclic amines) is 1. The van der Waals surface area contributed by atoms with Crippen molar-refractivity contribution in [1.29, 1.82) is 0 Å². The van der Waals surface area contributed by atoms with Crippen LogP contribution in [0.3, 0.4) is 0 Å². The summed E-state index contributed by atoms with van der Waals surface area (Å²) in [5, 5.41) is 2.43. The Hall–Kier alpha value is -2.80. The van der Waals surface area contributed by atoms with E-state index in [1.165, 1.54) is 18.9 Å². The fourth-order valence-corrected chi connectivity index (χ4v) is 4.21. The third-order valence-electron chi connectivity index (χ3n) is 4.73. The minimum absolute atomic E-state index is 0.0125. The van der Waals surface area contributed by atoms with Crippen LogP contribution in [0.2, 0.25) is 0 Å². The molecule has 1 fully saturated rings. The minimum atomic E-state index is -0.435. The molecule has 0 aliphatic carbocycles. The van der Waals surface area contributed by atoms with Gasteiger partial charge in [-0.05, 0) is 50.1 Å². The number of amides is 2. The highest BCUT2D eigenvalue weighted by Gasteiger charge is 2.21. The summed E-state index contributed by atoms with van der Waals surface area (Å²) in [5.74, 6) is -0.657. The number of anilines is 1. The molecule has 6 nitrogen and oxygen atoms in total. The number of esters is 1. The van der Waals surface area contributed by atoms with Crippen LogP contribution in [0.5, 0.6) is 0 Å². The Morgan fingerprint density at radius 1 is 1.07 bits per heavy atom. The second kappa shape index (κ2) is 9.60. The van der Waals surface area contributed by atoms with Gasteiger partial charge in [0.2, 0.25) is 0 Å². The first-order valence-corrected chi connectivity index (χ1v) is 10.4. The Bertz CT molecular complexity index is 909. The normalized spacial score (nSPS) is 14.3. The molecule has 0 unspecified atom stereocenters. The largest absolute Gasteiger partial charge is 0.468 e. The van der Waals surface area contributed by atoms with E-state index in [0.717, 1.165) is 25.9 Å². The van der Waals surface area contributed by atoms with Crippen molar-refractivity contribution in [2.75, 3.05) is 25.5 Å². The number of hydrogen-bond acceptors (Lipinski definition) is 5. The Morgan fingerprint density at radius 3 is 2.52 bits per heavy atom. The van der Waals surface area contributed by atoms with Crippen LogP contribution in [0.25, 0.3) is 0 Å². The molecule has 1 atom stereocenters. The number of carbonyl (C=O) groups is 3. The average Bonchev–Trinajstić information content (AvgIpc) is 3.28. The summed E-state index contributed by atoms with van der Waals surface area (Å²) < 4.78 is 4.76. The maximum Gasteiger partial charge on any atom is 0.318 e. The van der Waals surface area contributed by atoms with Gasteiger partial charge in [0, 0.05) is 29.2 Å². The maximum absolute atomic E-state index is 12.9. The average molecular weight is 413 g/mol. The van der Waals surface area contributed by atoms with Gasteiger partial charge in [0.05, 0.1) is 12.7 Å². The fourth-order valence-electron chi connectivity index (χ4n) is 3.19. The van der Waals surface area contributed by atoms with Gasteiger partial charge in [-0.15, -0.1) is 11.8 Å². The minimum Gasteiger partial charge on any atom is -0.468 e. The number of ether oxygens (including phenoxy) is 1. The van der Waals surface area contributed by atoms with Crippen LogP contribution in [-0.4, -0.2) is 48.1 Å². The number of thioether (sulfide) groups is 1. The van der Waals surface area contributed by atoms with E-state index < -0.39 is 5.25 Å². The molecule has 2 amide bonds. The number of methoxy groups -OCH3 is 1. The maximum atomic E-state index is 12.9. The Kier molecular flexibility index (Phi) is 6.93. The first-order chi connectivity index (χ1) is 14.0. The van der Waals surface area contributed by atoms with Gasteiger partial charge in [-0.1, -0.05) is 18.2 Å². The first-order valence-electron chi connectivity index (χ1n) is 9.54.